The Morgan fingerprint density at radius 3 is 2.71 bits per heavy atom. The highest BCUT2D eigenvalue weighted by Crippen LogP contribution is 2.26. The summed E-state index contributed by atoms with van der Waals surface area (Å²) in [4.78, 5) is 21.7. The zero-order valence-corrected chi connectivity index (χ0v) is 11.1. The maximum Gasteiger partial charge on any atom is 0.307 e. The van der Waals surface area contributed by atoms with Crippen LogP contribution in [0, 0.1) is 27.7 Å². The van der Waals surface area contributed by atoms with Crippen molar-refractivity contribution in [2.45, 2.75) is 6.04 Å². The third-order valence-electron chi connectivity index (χ3n) is 3.28. The van der Waals surface area contributed by atoms with Crippen molar-refractivity contribution in [3.63, 3.8) is 0 Å². The Bertz CT molecular complexity index is 582. The van der Waals surface area contributed by atoms with Gasteiger partial charge in [-0.05, 0) is 7.05 Å². The standard InChI is InChI=1S/C12H13F2N3O4/c1-15-10-5-21-4-6(10)12(18)16-9-3-11(17(19)20)8(14)2-7(9)13/h2-3,6,10,15H,4-5H2,1H3,(H,16,18). The second-order valence-corrected chi connectivity index (χ2v) is 4.57. The fourth-order valence-corrected chi connectivity index (χ4v) is 2.10. The predicted molar refractivity (Wildman–Crippen MR) is 68.8 cm³/mol. The number of anilines is 1. The summed E-state index contributed by atoms with van der Waals surface area (Å²) in [5, 5.41) is 15.7. The predicted octanol–water partition coefficient (Wildman–Crippen LogP) is 1.05. The molecule has 0 bridgehead atoms. The SMILES string of the molecule is CNC1COCC1C(=O)Nc1cc([N+](=O)[O-])c(F)cc1F. The Morgan fingerprint density at radius 1 is 1.38 bits per heavy atom. The highest BCUT2D eigenvalue weighted by molar-refractivity contribution is 5.93. The third-order valence-corrected chi connectivity index (χ3v) is 3.28. The lowest BCUT2D eigenvalue weighted by Crippen LogP contribution is -2.39. The molecule has 1 aromatic carbocycles. The first-order valence-corrected chi connectivity index (χ1v) is 6.13. The molecule has 0 aromatic heterocycles. The van der Waals surface area contributed by atoms with Gasteiger partial charge in [-0.3, -0.25) is 14.9 Å². The highest BCUT2D eigenvalue weighted by Gasteiger charge is 2.33. The Morgan fingerprint density at radius 2 is 2.10 bits per heavy atom. The first-order chi connectivity index (χ1) is 9.93. The van der Waals surface area contributed by atoms with Gasteiger partial charge in [-0.2, -0.15) is 4.39 Å². The molecule has 2 N–H and O–H groups in total. The molecule has 0 saturated carbocycles. The number of ether oxygens (including phenoxy) is 1. The number of carbonyl (C=O) groups excluding carboxylic acids is 1. The van der Waals surface area contributed by atoms with Crippen molar-refractivity contribution in [1.29, 1.82) is 0 Å². The van der Waals surface area contributed by atoms with E-state index in [0.29, 0.717) is 18.7 Å². The van der Waals surface area contributed by atoms with Gasteiger partial charge in [0, 0.05) is 18.2 Å². The van der Waals surface area contributed by atoms with Crippen LogP contribution in [0.25, 0.3) is 0 Å². The molecular formula is C12H13F2N3O4. The molecular weight excluding hydrogens is 288 g/mol. The number of nitro groups is 1. The molecule has 0 aliphatic carbocycles. The van der Waals surface area contributed by atoms with Gasteiger partial charge in [0.25, 0.3) is 0 Å². The number of amides is 1. The van der Waals surface area contributed by atoms with Crippen molar-refractivity contribution in [3.05, 3.63) is 33.9 Å². The number of rotatable bonds is 4. The smallest absolute Gasteiger partial charge is 0.307 e. The average Bonchev–Trinajstić information content (AvgIpc) is 2.89. The van der Waals surface area contributed by atoms with Crippen LogP contribution < -0.4 is 10.6 Å². The molecule has 2 atom stereocenters. The summed E-state index contributed by atoms with van der Waals surface area (Å²) >= 11 is 0. The first kappa shape index (κ1) is 15.3. The van der Waals surface area contributed by atoms with Crippen LogP contribution in [0.5, 0.6) is 0 Å². The highest BCUT2D eigenvalue weighted by atomic mass is 19.1. The maximum absolute atomic E-state index is 13.6. The van der Waals surface area contributed by atoms with E-state index < -0.39 is 39.8 Å². The summed E-state index contributed by atoms with van der Waals surface area (Å²) in [7, 11) is 1.66. The quantitative estimate of drug-likeness (QED) is 0.640. The van der Waals surface area contributed by atoms with Crippen LogP contribution in [0.1, 0.15) is 0 Å². The molecule has 1 aliphatic rings. The second-order valence-electron chi connectivity index (χ2n) is 4.57. The summed E-state index contributed by atoms with van der Waals surface area (Å²) in [6.45, 7) is 0.489. The Balaban J connectivity index is 2.21. The number of nitrogens with one attached hydrogen (secondary N) is 2. The van der Waals surface area contributed by atoms with Gasteiger partial charge in [-0.15, -0.1) is 0 Å². The van der Waals surface area contributed by atoms with Gasteiger partial charge >= 0.3 is 5.69 Å². The van der Waals surface area contributed by atoms with Gasteiger partial charge in [0.1, 0.15) is 5.82 Å². The van der Waals surface area contributed by atoms with Gasteiger partial charge in [0.15, 0.2) is 0 Å². The first-order valence-electron chi connectivity index (χ1n) is 6.13. The summed E-state index contributed by atoms with van der Waals surface area (Å²) in [5.41, 5.74) is -1.34. The fourth-order valence-electron chi connectivity index (χ4n) is 2.10. The minimum Gasteiger partial charge on any atom is -0.379 e. The number of nitro benzene ring substituents is 1. The molecule has 1 saturated heterocycles. The molecule has 1 amide bonds. The van der Waals surface area contributed by atoms with E-state index in [0.717, 1.165) is 0 Å². The summed E-state index contributed by atoms with van der Waals surface area (Å²) in [6.07, 6.45) is 0. The lowest BCUT2D eigenvalue weighted by atomic mass is 10.0. The normalized spacial score (nSPS) is 21.3. The molecule has 1 heterocycles. The maximum atomic E-state index is 13.6. The molecule has 21 heavy (non-hydrogen) atoms. The van der Waals surface area contributed by atoms with E-state index in [1.807, 2.05) is 0 Å². The summed E-state index contributed by atoms with van der Waals surface area (Å²) < 4.78 is 32.0. The van der Waals surface area contributed by atoms with E-state index >= 15 is 0 Å². The molecule has 114 valence electrons. The number of hydrogen-bond donors (Lipinski definition) is 2. The number of carbonyl (C=O) groups is 1. The zero-order valence-electron chi connectivity index (χ0n) is 11.1. The van der Waals surface area contributed by atoms with Gasteiger partial charge < -0.3 is 15.4 Å². The van der Waals surface area contributed by atoms with Crippen molar-refractivity contribution in [2.24, 2.45) is 5.92 Å². The monoisotopic (exact) mass is 301 g/mol. The van der Waals surface area contributed by atoms with Crippen LogP contribution in [0.4, 0.5) is 20.2 Å². The largest absolute Gasteiger partial charge is 0.379 e. The molecule has 9 heteroatoms. The van der Waals surface area contributed by atoms with E-state index in [4.69, 9.17) is 4.74 Å². The second kappa shape index (κ2) is 6.10. The van der Waals surface area contributed by atoms with Gasteiger partial charge in [-0.1, -0.05) is 0 Å². The van der Waals surface area contributed by atoms with Crippen molar-refractivity contribution in [2.75, 3.05) is 25.6 Å². The lowest BCUT2D eigenvalue weighted by Gasteiger charge is -2.16. The van der Waals surface area contributed by atoms with Crippen LogP contribution in [-0.4, -0.2) is 37.1 Å². The molecule has 7 nitrogen and oxygen atoms in total. The number of nitrogens with zero attached hydrogens (tertiary/aromatic N) is 1. The van der Waals surface area contributed by atoms with Crippen LogP contribution in [0.2, 0.25) is 0 Å². The molecule has 2 unspecified atom stereocenters. The van der Waals surface area contributed by atoms with Crippen LogP contribution in [0.15, 0.2) is 12.1 Å². The number of benzene rings is 1. The van der Waals surface area contributed by atoms with E-state index in [1.54, 1.807) is 7.05 Å². The molecule has 1 fully saturated rings. The molecule has 2 rings (SSSR count). The van der Waals surface area contributed by atoms with E-state index in [9.17, 15) is 23.7 Å². The van der Waals surface area contributed by atoms with Crippen LogP contribution in [-0.2, 0) is 9.53 Å². The summed E-state index contributed by atoms with van der Waals surface area (Å²) in [5.74, 6) is -3.48. The fraction of sp³-hybridized carbons (Fsp3) is 0.417. The Hall–Kier alpha value is -2.13. The average molecular weight is 301 g/mol. The van der Waals surface area contributed by atoms with E-state index in [1.165, 1.54) is 0 Å². The molecule has 0 radical (unpaired) electrons. The minimum absolute atomic E-state index is 0.155. The molecule has 1 aliphatic heterocycles. The van der Waals surface area contributed by atoms with Crippen LogP contribution in [0.3, 0.4) is 0 Å². The topological polar surface area (TPSA) is 93.5 Å². The van der Waals surface area contributed by atoms with Crippen molar-refractivity contribution in [3.8, 4) is 0 Å². The number of hydrogen-bond acceptors (Lipinski definition) is 5. The zero-order chi connectivity index (χ0) is 15.6. The Kier molecular flexibility index (Phi) is 4.43. The lowest BCUT2D eigenvalue weighted by molar-refractivity contribution is -0.387. The summed E-state index contributed by atoms with van der Waals surface area (Å²) in [6, 6.07) is 0.796. The van der Waals surface area contributed by atoms with Crippen molar-refractivity contribution < 1.29 is 23.2 Å². The van der Waals surface area contributed by atoms with Gasteiger partial charge in [0.2, 0.25) is 11.7 Å². The van der Waals surface area contributed by atoms with E-state index in [-0.39, 0.29) is 12.6 Å². The molecule has 1 aromatic rings. The Labute approximate surface area is 118 Å². The van der Waals surface area contributed by atoms with Crippen molar-refractivity contribution >= 4 is 17.3 Å². The van der Waals surface area contributed by atoms with Gasteiger partial charge in [-0.25, -0.2) is 4.39 Å². The van der Waals surface area contributed by atoms with Crippen LogP contribution >= 0.6 is 0 Å². The number of likely N-dealkylation sites (N-methyl/N-ethyl adjacent to an activating group) is 1. The van der Waals surface area contributed by atoms with Gasteiger partial charge in [0.05, 0.1) is 29.7 Å². The van der Waals surface area contributed by atoms with Crippen molar-refractivity contribution in [1.82, 2.24) is 5.32 Å². The third kappa shape index (κ3) is 3.14. The van der Waals surface area contributed by atoms with E-state index in [2.05, 4.69) is 10.6 Å². The minimum atomic E-state index is -1.30. The molecule has 0 spiro atoms. The number of halogens is 2.